The molecule has 1 N–H and O–H groups in total. The minimum absolute atomic E-state index is 0.0316. The van der Waals surface area contributed by atoms with Crippen LogP contribution in [0.1, 0.15) is 29.3 Å². The number of amides is 2. The second-order valence-electron chi connectivity index (χ2n) is 5.74. The van der Waals surface area contributed by atoms with Crippen LogP contribution in [-0.4, -0.2) is 27.0 Å². The number of rotatable bonds is 1. The van der Waals surface area contributed by atoms with Crippen molar-refractivity contribution in [1.82, 2.24) is 19.8 Å². The van der Waals surface area contributed by atoms with Crippen LogP contribution in [-0.2, 0) is 19.5 Å². The number of nitrogens with zero attached hydrogens (tertiary/aromatic N) is 3. The number of carbonyl (C=O) groups excluding carboxylic acids is 1. The summed E-state index contributed by atoms with van der Waals surface area (Å²) < 4.78 is 2.11. The van der Waals surface area contributed by atoms with Gasteiger partial charge in [0.1, 0.15) is 0 Å². The van der Waals surface area contributed by atoms with Crippen LogP contribution in [0, 0.1) is 0 Å². The highest BCUT2D eigenvalue weighted by Gasteiger charge is 2.27. The third-order valence-electron chi connectivity index (χ3n) is 4.48. The molecule has 2 amide bonds. The second-order valence-corrected chi connectivity index (χ2v) is 5.74. The van der Waals surface area contributed by atoms with Crippen molar-refractivity contribution in [2.45, 2.75) is 32.0 Å². The number of benzene rings is 1. The summed E-state index contributed by atoms with van der Waals surface area (Å²) in [5, 5.41) is 3.19. The van der Waals surface area contributed by atoms with Gasteiger partial charge < -0.3 is 14.8 Å². The zero-order chi connectivity index (χ0) is 14.2. The Morgan fingerprint density at radius 2 is 2.19 bits per heavy atom. The smallest absolute Gasteiger partial charge is 0.318 e. The van der Waals surface area contributed by atoms with E-state index in [-0.39, 0.29) is 12.1 Å². The lowest BCUT2D eigenvalue weighted by Crippen LogP contribution is -2.44. The quantitative estimate of drug-likeness (QED) is 0.870. The predicted octanol–water partition coefficient (Wildman–Crippen LogP) is 2.10. The molecule has 5 nitrogen and oxygen atoms in total. The lowest BCUT2D eigenvalue weighted by Gasteiger charge is -2.29. The molecular weight excluding hydrogens is 264 g/mol. The summed E-state index contributed by atoms with van der Waals surface area (Å²) in [5.41, 5.74) is 3.73. The molecule has 0 saturated carbocycles. The summed E-state index contributed by atoms with van der Waals surface area (Å²) in [4.78, 5) is 18.5. The largest absolute Gasteiger partial charge is 0.331 e. The first-order chi connectivity index (χ1) is 10.3. The molecule has 0 spiro atoms. The molecule has 2 aromatic rings. The SMILES string of the molecule is O=C(N[C@@H]1CCc2ccccc21)N1CCn2cncc2C1. The van der Waals surface area contributed by atoms with E-state index in [1.54, 1.807) is 0 Å². The van der Waals surface area contributed by atoms with Gasteiger partial charge in [-0.05, 0) is 24.0 Å². The number of carbonyl (C=O) groups is 1. The molecule has 0 bridgehead atoms. The van der Waals surface area contributed by atoms with E-state index in [0.29, 0.717) is 6.54 Å². The van der Waals surface area contributed by atoms with E-state index in [1.165, 1.54) is 11.1 Å². The minimum Gasteiger partial charge on any atom is -0.331 e. The van der Waals surface area contributed by atoms with Gasteiger partial charge in [-0.1, -0.05) is 24.3 Å². The van der Waals surface area contributed by atoms with Gasteiger partial charge in [-0.2, -0.15) is 0 Å². The molecule has 21 heavy (non-hydrogen) atoms. The zero-order valence-electron chi connectivity index (χ0n) is 11.8. The first-order valence-corrected chi connectivity index (χ1v) is 7.43. The van der Waals surface area contributed by atoms with E-state index < -0.39 is 0 Å². The van der Waals surface area contributed by atoms with E-state index in [9.17, 15) is 4.79 Å². The number of hydrogen-bond acceptors (Lipinski definition) is 2. The van der Waals surface area contributed by atoms with Gasteiger partial charge in [0, 0.05) is 19.3 Å². The fourth-order valence-electron chi connectivity index (χ4n) is 3.30. The molecule has 0 saturated heterocycles. The fraction of sp³-hybridized carbons (Fsp3) is 0.375. The highest BCUT2D eigenvalue weighted by atomic mass is 16.2. The van der Waals surface area contributed by atoms with Gasteiger partial charge in [0.15, 0.2) is 0 Å². The molecule has 1 aliphatic heterocycles. The lowest BCUT2D eigenvalue weighted by molar-refractivity contribution is 0.179. The summed E-state index contributed by atoms with van der Waals surface area (Å²) >= 11 is 0. The van der Waals surface area contributed by atoms with Crippen molar-refractivity contribution < 1.29 is 4.79 Å². The van der Waals surface area contributed by atoms with E-state index in [0.717, 1.165) is 31.6 Å². The molecule has 5 heteroatoms. The molecule has 1 aliphatic carbocycles. The van der Waals surface area contributed by atoms with Crippen molar-refractivity contribution in [3.8, 4) is 0 Å². The molecule has 4 rings (SSSR count). The fourth-order valence-corrected chi connectivity index (χ4v) is 3.30. The van der Waals surface area contributed by atoms with E-state index >= 15 is 0 Å². The van der Waals surface area contributed by atoms with Gasteiger partial charge in [0.25, 0.3) is 0 Å². The van der Waals surface area contributed by atoms with Crippen molar-refractivity contribution in [3.05, 3.63) is 53.6 Å². The lowest BCUT2D eigenvalue weighted by atomic mass is 10.1. The van der Waals surface area contributed by atoms with Crippen molar-refractivity contribution in [3.63, 3.8) is 0 Å². The van der Waals surface area contributed by atoms with Crippen LogP contribution < -0.4 is 5.32 Å². The molecule has 1 aromatic heterocycles. The summed E-state index contributed by atoms with van der Waals surface area (Å²) in [7, 11) is 0. The molecule has 108 valence electrons. The zero-order valence-corrected chi connectivity index (χ0v) is 11.8. The van der Waals surface area contributed by atoms with Crippen LogP contribution in [0.4, 0.5) is 4.79 Å². The maximum Gasteiger partial charge on any atom is 0.318 e. The highest BCUT2D eigenvalue weighted by molar-refractivity contribution is 5.75. The van der Waals surface area contributed by atoms with Crippen LogP contribution in [0.25, 0.3) is 0 Å². The average Bonchev–Trinajstić information content (AvgIpc) is 3.13. The summed E-state index contributed by atoms with van der Waals surface area (Å²) in [5.74, 6) is 0. The molecule has 0 fully saturated rings. The molecule has 2 aliphatic rings. The Morgan fingerprint density at radius 1 is 1.29 bits per heavy atom. The molecule has 0 radical (unpaired) electrons. The average molecular weight is 282 g/mol. The van der Waals surface area contributed by atoms with Gasteiger partial charge in [-0.3, -0.25) is 0 Å². The van der Waals surface area contributed by atoms with Gasteiger partial charge in [0.2, 0.25) is 0 Å². The van der Waals surface area contributed by atoms with Gasteiger partial charge in [-0.25, -0.2) is 9.78 Å². The normalized spacial score (nSPS) is 20.0. The van der Waals surface area contributed by atoms with E-state index in [2.05, 4.69) is 33.1 Å². The number of imidazole rings is 1. The van der Waals surface area contributed by atoms with Crippen LogP contribution in [0.2, 0.25) is 0 Å². The second kappa shape index (κ2) is 4.91. The number of aromatic nitrogens is 2. The number of urea groups is 1. The number of nitrogens with one attached hydrogen (secondary N) is 1. The van der Waals surface area contributed by atoms with Crippen molar-refractivity contribution >= 4 is 6.03 Å². The number of fused-ring (bicyclic) bond motifs is 2. The third-order valence-corrected chi connectivity index (χ3v) is 4.48. The summed E-state index contributed by atoms with van der Waals surface area (Å²) in [6, 6.07) is 8.57. The molecule has 1 atom stereocenters. The van der Waals surface area contributed by atoms with Crippen molar-refractivity contribution in [2.75, 3.05) is 6.54 Å². The first-order valence-electron chi connectivity index (χ1n) is 7.43. The minimum atomic E-state index is 0.0316. The van der Waals surface area contributed by atoms with Crippen molar-refractivity contribution in [2.24, 2.45) is 0 Å². The predicted molar refractivity (Wildman–Crippen MR) is 78.7 cm³/mol. The van der Waals surface area contributed by atoms with Gasteiger partial charge in [-0.15, -0.1) is 0 Å². The third kappa shape index (κ3) is 2.18. The molecule has 1 aromatic carbocycles. The Morgan fingerprint density at radius 3 is 3.14 bits per heavy atom. The standard InChI is InChI=1S/C16H18N4O/c21-16(19-7-8-20-11-17-9-13(20)10-19)18-15-6-5-12-3-1-2-4-14(12)15/h1-4,9,11,15H,5-8,10H2,(H,18,21)/t15-/m1/s1. The maximum absolute atomic E-state index is 12.5. The van der Waals surface area contributed by atoms with Crippen molar-refractivity contribution in [1.29, 1.82) is 0 Å². The van der Waals surface area contributed by atoms with Crippen LogP contribution >= 0.6 is 0 Å². The number of aryl methyl sites for hydroxylation is 1. The molecule has 0 unspecified atom stereocenters. The first kappa shape index (κ1) is 12.4. The molecule has 2 heterocycles. The van der Waals surface area contributed by atoms with E-state index in [4.69, 9.17) is 0 Å². The Hall–Kier alpha value is -2.30. The van der Waals surface area contributed by atoms with Gasteiger partial charge in [0.05, 0.1) is 24.6 Å². The van der Waals surface area contributed by atoms with Crippen LogP contribution in [0.5, 0.6) is 0 Å². The Balaban J connectivity index is 1.46. The monoisotopic (exact) mass is 282 g/mol. The highest BCUT2D eigenvalue weighted by Crippen LogP contribution is 2.30. The Labute approximate surface area is 123 Å². The summed E-state index contributed by atoms with van der Waals surface area (Å²) in [6.45, 7) is 2.20. The van der Waals surface area contributed by atoms with E-state index in [1.807, 2.05) is 23.5 Å². The topological polar surface area (TPSA) is 50.2 Å². The molecular formula is C16H18N4O. The summed E-state index contributed by atoms with van der Waals surface area (Å²) in [6.07, 6.45) is 5.72. The van der Waals surface area contributed by atoms with Gasteiger partial charge >= 0.3 is 6.03 Å². The van der Waals surface area contributed by atoms with Crippen LogP contribution in [0.15, 0.2) is 36.8 Å². The Kier molecular flexibility index (Phi) is 2.91. The number of hydrogen-bond donors (Lipinski definition) is 1. The van der Waals surface area contributed by atoms with Crippen LogP contribution in [0.3, 0.4) is 0 Å². The maximum atomic E-state index is 12.5. The Bertz CT molecular complexity index is 678.